The number of thiazole rings is 1. The number of hydrogen-bond donors (Lipinski definition) is 1. The highest BCUT2D eigenvalue weighted by molar-refractivity contribution is 7.11. The summed E-state index contributed by atoms with van der Waals surface area (Å²) in [5, 5.41) is 4.58. The quantitative estimate of drug-likeness (QED) is 0.912. The SMILES string of the molecule is CCNC(Cc1nc(C)c(C)s1)c1ncc(C)cn1. The number of likely N-dealkylation sites (N-methyl/N-ethyl adjacent to an activating group) is 1. The molecule has 1 unspecified atom stereocenters. The van der Waals surface area contributed by atoms with E-state index in [-0.39, 0.29) is 6.04 Å². The van der Waals surface area contributed by atoms with Gasteiger partial charge >= 0.3 is 0 Å². The maximum atomic E-state index is 4.60. The maximum Gasteiger partial charge on any atom is 0.145 e. The van der Waals surface area contributed by atoms with Crippen molar-refractivity contribution in [3.8, 4) is 0 Å². The molecule has 0 bridgehead atoms. The first-order chi connectivity index (χ1) is 9.10. The van der Waals surface area contributed by atoms with E-state index < -0.39 is 0 Å². The molecule has 4 nitrogen and oxygen atoms in total. The number of rotatable bonds is 5. The summed E-state index contributed by atoms with van der Waals surface area (Å²) in [5.41, 5.74) is 2.21. The van der Waals surface area contributed by atoms with E-state index in [2.05, 4.69) is 41.0 Å². The van der Waals surface area contributed by atoms with Crippen molar-refractivity contribution in [1.29, 1.82) is 0 Å². The third kappa shape index (κ3) is 3.58. The summed E-state index contributed by atoms with van der Waals surface area (Å²) >= 11 is 1.76. The van der Waals surface area contributed by atoms with Gasteiger partial charge in [-0.25, -0.2) is 15.0 Å². The molecule has 0 spiro atoms. The normalized spacial score (nSPS) is 12.6. The predicted molar refractivity (Wildman–Crippen MR) is 78.5 cm³/mol. The third-order valence-corrected chi connectivity index (χ3v) is 4.11. The number of aromatic nitrogens is 3. The number of nitrogens with zero attached hydrogens (tertiary/aromatic N) is 3. The van der Waals surface area contributed by atoms with Gasteiger partial charge in [0.25, 0.3) is 0 Å². The van der Waals surface area contributed by atoms with Gasteiger partial charge in [-0.05, 0) is 32.9 Å². The van der Waals surface area contributed by atoms with E-state index in [1.165, 1.54) is 4.88 Å². The van der Waals surface area contributed by atoms with E-state index >= 15 is 0 Å². The molecule has 1 N–H and O–H groups in total. The molecule has 0 aromatic carbocycles. The van der Waals surface area contributed by atoms with Gasteiger partial charge in [0.15, 0.2) is 0 Å². The highest BCUT2D eigenvalue weighted by atomic mass is 32.1. The van der Waals surface area contributed by atoms with Gasteiger partial charge in [0.2, 0.25) is 0 Å². The molecule has 0 fully saturated rings. The van der Waals surface area contributed by atoms with Crippen molar-refractivity contribution in [3.05, 3.63) is 39.4 Å². The molecule has 2 aromatic heterocycles. The Labute approximate surface area is 118 Å². The minimum absolute atomic E-state index is 0.135. The van der Waals surface area contributed by atoms with Crippen LogP contribution in [0.25, 0.3) is 0 Å². The molecular formula is C14H20N4S. The van der Waals surface area contributed by atoms with Gasteiger partial charge in [-0.3, -0.25) is 0 Å². The second kappa shape index (κ2) is 6.21. The molecular weight excluding hydrogens is 256 g/mol. The Kier molecular flexibility index (Phi) is 4.61. The lowest BCUT2D eigenvalue weighted by atomic mass is 10.2. The zero-order chi connectivity index (χ0) is 13.8. The van der Waals surface area contributed by atoms with Gasteiger partial charge < -0.3 is 5.32 Å². The van der Waals surface area contributed by atoms with Gasteiger partial charge in [0, 0.05) is 23.7 Å². The molecule has 0 radical (unpaired) electrons. The summed E-state index contributed by atoms with van der Waals surface area (Å²) in [6.07, 6.45) is 4.58. The fourth-order valence-corrected chi connectivity index (χ4v) is 2.86. The zero-order valence-electron chi connectivity index (χ0n) is 11.9. The third-order valence-electron chi connectivity index (χ3n) is 3.01. The number of aryl methyl sites for hydroxylation is 3. The van der Waals surface area contributed by atoms with E-state index in [4.69, 9.17) is 0 Å². The maximum absolute atomic E-state index is 4.60. The molecule has 0 amide bonds. The second-order valence-corrected chi connectivity index (χ2v) is 5.97. The largest absolute Gasteiger partial charge is 0.307 e. The highest BCUT2D eigenvalue weighted by Crippen LogP contribution is 2.22. The van der Waals surface area contributed by atoms with Crippen LogP contribution in [-0.2, 0) is 6.42 Å². The molecule has 19 heavy (non-hydrogen) atoms. The molecule has 0 aliphatic carbocycles. The van der Waals surface area contributed by atoms with Crippen LogP contribution < -0.4 is 5.32 Å². The fraction of sp³-hybridized carbons (Fsp3) is 0.500. The number of nitrogens with one attached hydrogen (secondary N) is 1. The minimum Gasteiger partial charge on any atom is -0.307 e. The van der Waals surface area contributed by atoms with Crippen LogP contribution in [0.5, 0.6) is 0 Å². The Balaban J connectivity index is 2.18. The van der Waals surface area contributed by atoms with Crippen molar-refractivity contribution in [1.82, 2.24) is 20.3 Å². The van der Waals surface area contributed by atoms with Crippen molar-refractivity contribution < 1.29 is 0 Å². The van der Waals surface area contributed by atoms with E-state index in [0.29, 0.717) is 0 Å². The van der Waals surface area contributed by atoms with Crippen molar-refractivity contribution >= 4 is 11.3 Å². The Morgan fingerprint density at radius 1 is 1.21 bits per heavy atom. The van der Waals surface area contributed by atoms with Gasteiger partial charge in [-0.15, -0.1) is 11.3 Å². The van der Waals surface area contributed by atoms with Crippen LogP contribution in [0.2, 0.25) is 0 Å². The summed E-state index contributed by atoms with van der Waals surface area (Å²) in [6, 6.07) is 0.135. The Morgan fingerprint density at radius 3 is 2.42 bits per heavy atom. The van der Waals surface area contributed by atoms with Crippen LogP contribution in [0.3, 0.4) is 0 Å². The molecule has 102 valence electrons. The van der Waals surface area contributed by atoms with Crippen LogP contribution in [0.4, 0.5) is 0 Å². The monoisotopic (exact) mass is 276 g/mol. The molecule has 1 atom stereocenters. The second-order valence-electron chi connectivity index (χ2n) is 4.68. The van der Waals surface area contributed by atoms with Crippen molar-refractivity contribution in [3.63, 3.8) is 0 Å². The molecule has 0 aliphatic rings. The summed E-state index contributed by atoms with van der Waals surface area (Å²) in [5.74, 6) is 0.845. The van der Waals surface area contributed by atoms with Crippen LogP contribution in [0.15, 0.2) is 12.4 Å². The standard InChI is InChI=1S/C14H20N4S/c1-5-15-12(14-16-7-9(2)8-17-14)6-13-18-10(3)11(4)19-13/h7-8,12,15H,5-6H2,1-4H3. The molecule has 0 aliphatic heterocycles. The molecule has 2 heterocycles. The van der Waals surface area contributed by atoms with Crippen LogP contribution in [0.1, 0.15) is 39.9 Å². The minimum atomic E-state index is 0.135. The highest BCUT2D eigenvalue weighted by Gasteiger charge is 2.16. The lowest BCUT2D eigenvalue weighted by Crippen LogP contribution is -2.25. The lowest BCUT2D eigenvalue weighted by molar-refractivity contribution is 0.519. The first-order valence-corrected chi connectivity index (χ1v) is 7.36. The van der Waals surface area contributed by atoms with Gasteiger partial charge in [-0.2, -0.15) is 0 Å². The lowest BCUT2D eigenvalue weighted by Gasteiger charge is -2.15. The Bertz CT molecular complexity index is 513. The van der Waals surface area contributed by atoms with E-state index in [1.807, 2.05) is 19.3 Å². The van der Waals surface area contributed by atoms with Crippen LogP contribution >= 0.6 is 11.3 Å². The Morgan fingerprint density at radius 2 is 1.89 bits per heavy atom. The van der Waals surface area contributed by atoms with Crippen molar-refractivity contribution in [2.45, 2.75) is 40.2 Å². The predicted octanol–water partition coefficient (Wildman–Crippen LogP) is 2.75. The van der Waals surface area contributed by atoms with Crippen LogP contribution in [-0.4, -0.2) is 21.5 Å². The van der Waals surface area contributed by atoms with E-state index in [1.54, 1.807) is 11.3 Å². The summed E-state index contributed by atoms with van der Waals surface area (Å²) in [4.78, 5) is 14.7. The molecule has 0 saturated heterocycles. The molecule has 0 saturated carbocycles. The average molecular weight is 276 g/mol. The van der Waals surface area contributed by atoms with Crippen LogP contribution in [0, 0.1) is 20.8 Å². The van der Waals surface area contributed by atoms with Gasteiger partial charge in [0.1, 0.15) is 5.82 Å². The van der Waals surface area contributed by atoms with Gasteiger partial charge in [0.05, 0.1) is 16.7 Å². The average Bonchev–Trinajstić information content (AvgIpc) is 2.69. The van der Waals surface area contributed by atoms with E-state index in [9.17, 15) is 0 Å². The van der Waals surface area contributed by atoms with Gasteiger partial charge in [-0.1, -0.05) is 6.92 Å². The topological polar surface area (TPSA) is 50.7 Å². The first kappa shape index (κ1) is 14.1. The fourth-order valence-electron chi connectivity index (χ4n) is 1.88. The molecule has 5 heteroatoms. The first-order valence-electron chi connectivity index (χ1n) is 6.55. The summed E-state index contributed by atoms with van der Waals surface area (Å²) in [6.45, 7) is 9.16. The number of hydrogen-bond acceptors (Lipinski definition) is 5. The van der Waals surface area contributed by atoms with E-state index in [0.717, 1.165) is 35.1 Å². The molecule has 2 rings (SSSR count). The zero-order valence-corrected chi connectivity index (χ0v) is 12.7. The van der Waals surface area contributed by atoms with Crippen molar-refractivity contribution in [2.75, 3.05) is 6.54 Å². The summed E-state index contributed by atoms with van der Waals surface area (Å²) in [7, 11) is 0. The summed E-state index contributed by atoms with van der Waals surface area (Å²) < 4.78 is 0. The smallest absolute Gasteiger partial charge is 0.145 e. The molecule has 2 aromatic rings. The van der Waals surface area contributed by atoms with Crippen molar-refractivity contribution in [2.24, 2.45) is 0 Å². The Hall–Kier alpha value is -1.33.